The zero-order chi connectivity index (χ0) is 27.8. The van der Waals surface area contributed by atoms with Gasteiger partial charge < -0.3 is 11.1 Å². The SMILES string of the molecule is Cc1ccc2nc(N)c(C(=O)N[C@H](C)c3cc4cccc(C#Cc5cncs5)c4c(=O)n3-c3ccccc3)n2n1. The third-order valence-corrected chi connectivity index (χ3v) is 7.17. The van der Waals surface area contributed by atoms with Crippen LogP contribution in [0.1, 0.15) is 45.3 Å². The summed E-state index contributed by atoms with van der Waals surface area (Å²) >= 11 is 1.44. The van der Waals surface area contributed by atoms with Crippen molar-refractivity contribution in [3.63, 3.8) is 0 Å². The predicted molar refractivity (Wildman–Crippen MR) is 156 cm³/mol. The quantitative estimate of drug-likeness (QED) is 0.319. The number of hydrogen-bond acceptors (Lipinski definition) is 7. The van der Waals surface area contributed by atoms with E-state index in [-0.39, 0.29) is 17.1 Å². The lowest BCUT2D eigenvalue weighted by molar-refractivity contribution is 0.0932. The molecule has 2 aromatic carbocycles. The van der Waals surface area contributed by atoms with Crippen LogP contribution in [0.3, 0.4) is 0 Å². The van der Waals surface area contributed by atoms with Crippen LogP contribution in [-0.2, 0) is 0 Å². The van der Waals surface area contributed by atoms with E-state index in [0.717, 1.165) is 10.3 Å². The number of nitrogen functional groups attached to an aromatic ring is 1. The van der Waals surface area contributed by atoms with E-state index >= 15 is 0 Å². The summed E-state index contributed by atoms with van der Waals surface area (Å²) in [5.41, 5.74) is 10.8. The zero-order valence-corrected chi connectivity index (χ0v) is 22.4. The van der Waals surface area contributed by atoms with Crippen LogP contribution >= 0.6 is 11.3 Å². The van der Waals surface area contributed by atoms with Gasteiger partial charge in [-0.15, -0.1) is 11.3 Å². The second kappa shape index (κ2) is 10.1. The van der Waals surface area contributed by atoms with Gasteiger partial charge in [-0.3, -0.25) is 19.1 Å². The third kappa shape index (κ3) is 4.48. The number of anilines is 1. The molecule has 0 aliphatic heterocycles. The topological polar surface area (TPSA) is 120 Å². The highest BCUT2D eigenvalue weighted by atomic mass is 32.1. The number of benzene rings is 2. The number of fused-ring (bicyclic) bond motifs is 2. The Morgan fingerprint density at radius 1 is 1.07 bits per heavy atom. The van der Waals surface area contributed by atoms with Crippen LogP contribution in [0.2, 0.25) is 0 Å². The summed E-state index contributed by atoms with van der Waals surface area (Å²) in [4.78, 5) is 36.8. The van der Waals surface area contributed by atoms with Gasteiger partial charge in [-0.25, -0.2) is 9.50 Å². The van der Waals surface area contributed by atoms with E-state index in [2.05, 4.69) is 32.2 Å². The molecule has 0 aliphatic carbocycles. The monoisotopic (exact) mass is 545 g/mol. The number of nitrogens with one attached hydrogen (secondary N) is 1. The Hall–Kier alpha value is -5.27. The molecule has 0 spiro atoms. The number of nitrogens with zero attached hydrogens (tertiary/aromatic N) is 5. The molecule has 0 radical (unpaired) electrons. The Labute approximate surface area is 233 Å². The molecule has 0 saturated heterocycles. The number of thiazole rings is 1. The summed E-state index contributed by atoms with van der Waals surface area (Å²) in [7, 11) is 0. The van der Waals surface area contributed by atoms with Crippen LogP contribution in [0.15, 0.2) is 83.2 Å². The van der Waals surface area contributed by atoms with E-state index in [0.29, 0.717) is 33.7 Å². The van der Waals surface area contributed by atoms with E-state index in [1.165, 1.54) is 15.9 Å². The fourth-order valence-corrected chi connectivity index (χ4v) is 5.12. The molecule has 0 bridgehead atoms. The number of hydrogen-bond donors (Lipinski definition) is 2. The van der Waals surface area contributed by atoms with Gasteiger partial charge in [0.25, 0.3) is 11.5 Å². The summed E-state index contributed by atoms with van der Waals surface area (Å²) in [5.74, 6) is 5.86. The number of pyridine rings is 1. The highest BCUT2D eigenvalue weighted by Gasteiger charge is 2.23. The molecule has 1 amide bonds. The summed E-state index contributed by atoms with van der Waals surface area (Å²) in [6.45, 7) is 3.65. The second-order valence-electron chi connectivity index (χ2n) is 9.22. The summed E-state index contributed by atoms with van der Waals surface area (Å²) in [6.07, 6.45) is 1.70. The Kier molecular flexibility index (Phi) is 6.34. The van der Waals surface area contributed by atoms with E-state index in [1.807, 2.05) is 68.4 Å². The summed E-state index contributed by atoms with van der Waals surface area (Å²) in [5, 5.41) is 8.62. The Morgan fingerprint density at radius 3 is 2.67 bits per heavy atom. The van der Waals surface area contributed by atoms with Crippen molar-refractivity contribution in [2.45, 2.75) is 19.9 Å². The van der Waals surface area contributed by atoms with Crippen molar-refractivity contribution in [1.29, 1.82) is 0 Å². The molecule has 4 heterocycles. The fraction of sp³-hybridized carbons (Fsp3) is 0.100. The number of rotatable bonds is 4. The number of aryl methyl sites for hydroxylation is 1. The maximum Gasteiger partial charge on any atom is 0.274 e. The molecule has 6 aromatic rings. The van der Waals surface area contributed by atoms with Gasteiger partial charge in [0.15, 0.2) is 17.2 Å². The molecule has 0 unspecified atom stereocenters. The molecule has 0 fully saturated rings. The second-order valence-corrected chi connectivity index (χ2v) is 10.1. The van der Waals surface area contributed by atoms with Crippen molar-refractivity contribution in [3.8, 4) is 17.5 Å². The number of para-hydroxylation sites is 1. The average Bonchev–Trinajstić information content (AvgIpc) is 3.58. The normalized spacial score (nSPS) is 11.8. The molecule has 196 valence electrons. The first-order valence-electron chi connectivity index (χ1n) is 12.5. The van der Waals surface area contributed by atoms with Crippen LogP contribution in [-0.4, -0.2) is 30.1 Å². The maximum absolute atomic E-state index is 14.1. The number of aromatic nitrogens is 5. The van der Waals surface area contributed by atoms with Crippen molar-refractivity contribution in [1.82, 2.24) is 29.5 Å². The molecule has 0 saturated carbocycles. The summed E-state index contributed by atoms with van der Waals surface area (Å²) in [6, 6.07) is 19.8. The van der Waals surface area contributed by atoms with Gasteiger partial charge >= 0.3 is 0 Å². The Morgan fingerprint density at radius 2 is 1.90 bits per heavy atom. The average molecular weight is 546 g/mol. The molecule has 40 heavy (non-hydrogen) atoms. The minimum atomic E-state index is -0.577. The number of carbonyl (C=O) groups is 1. The van der Waals surface area contributed by atoms with Crippen LogP contribution in [0.25, 0.3) is 22.1 Å². The Balaban J connectivity index is 1.48. The number of nitrogens with two attached hydrogens (primary N) is 1. The lowest BCUT2D eigenvalue weighted by Gasteiger charge is -2.21. The van der Waals surface area contributed by atoms with E-state index in [9.17, 15) is 9.59 Å². The predicted octanol–water partition coefficient (Wildman–Crippen LogP) is 4.27. The van der Waals surface area contributed by atoms with Crippen molar-refractivity contribution >= 4 is 39.5 Å². The lowest BCUT2D eigenvalue weighted by atomic mass is 10.0. The molecule has 4 aromatic heterocycles. The highest BCUT2D eigenvalue weighted by molar-refractivity contribution is 7.10. The highest BCUT2D eigenvalue weighted by Crippen LogP contribution is 2.24. The van der Waals surface area contributed by atoms with Gasteiger partial charge in [0.05, 0.1) is 33.7 Å². The lowest BCUT2D eigenvalue weighted by Crippen LogP contribution is -2.33. The van der Waals surface area contributed by atoms with Crippen molar-refractivity contribution in [3.05, 3.63) is 116 Å². The van der Waals surface area contributed by atoms with Gasteiger partial charge in [-0.05, 0) is 61.6 Å². The van der Waals surface area contributed by atoms with Crippen LogP contribution in [0.4, 0.5) is 5.82 Å². The largest absolute Gasteiger partial charge is 0.382 e. The number of carbonyl (C=O) groups excluding carboxylic acids is 1. The first-order chi connectivity index (χ1) is 19.4. The third-order valence-electron chi connectivity index (χ3n) is 6.49. The van der Waals surface area contributed by atoms with Gasteiger partial charge in [0.2, 0.25) is 0 Å². The van der Waals surface area contributed by atoms with Crippen LogP contribution < -0.4 is 16.6 Å². The van der Waals surface area contributed by atoms with Gasteiger partial charge in [0, 0.05) is 16.9 Å². The zero-order valence-electron chi connectivity index (χ0n) is 21.6. The molecule has 1 atom stereocenters. The van der Waals surface area contributed by atoms with Gasteiger partial charge in [-0.2, -0.15) is 5.10 Å². The first-order valence-corrected chi connectivity index (χ1v) is 13.4. The maximum atomic E-state index is 14.1. The number of imidazole rings is 1. The molecule has 9 nitrogen and oxygen atoms in total. The number of amides is 1. The van der Waals surface area contributed by atoms with E-state index in [1.54, 1.807) is 28.4 Å². The Bertz CT molecular complexity index is 2020. The standard InChI is InChI=1S/C30H23N7O2S/c1-18-11-14-25-34-28(31)27(37(25)35-18)29(38)33-19(2)24-15-21-8-6-7-20(12-13-23-16-32-17-40-23)26(21)30(39)36(24)22-9-4-3-5-10-22/h3-11,14-17,19H,31H2,1-2H3,(H,33,38)/t19-/m1/s1. The first kappa shape index (κ1) is 25.0. The molecular weight excluding hydrogens is 522 g/mol. The van der Waals surface area contributed by atoms with Crippen LogP contribution in [0.5, 0.6) is 0 Å². The summed E-state index contributed by atoms with van der Waals surface area (Å²) < 4.78 is 3.05. The van der Waals surface area contributed by atoms with E-state index < -0.39 is 11.9 Å². The molecule has 0 aliphatic rings. The molecule has 3 N–H and O–H groups in total. The smallest absolute Gasteiger partial charge is 0.274 e. The minimum absolute atomic E-state index is 0.0749. The van der Waals surface area contributed by atoms with Crippen molar-refractivity contribution in [2.24, 2.45) is 0 Å². The molecule has 10 heteroatoms. The van der Waals surface area contributed by atoms with Crippen molar-refractivity contribution < 1.29 is 4.79 Å². The molecular formula is C30H23N7O2S. The minimum Gasteiger partial charge on any atom is -0.382 e. The van der Waals surface area contributed by atoms with Crippen molar-refractivity contribution in [2.75, 3.05) is 5.73 Å². The van der Waals surface area contributed by atoms with Gasteiger partial charge in [-0.1, -0.05) is 36.3 Å². The van der Waals surface area contributed by atoms with Gasteiger partial charge in [0.1, 0.15) is 0 Å². The van der Waals surface area contributed by atoms with Crippen LogP contribution in [0, 0.1) is 18.8 Å². The van der Waals surface area contributed by atoms with E-state index in [4.69, 9.17) is 5.73 Å². The molecule has 6 rings (SSSR count). The fourth-order valence-electron chi connectivity index (χ4n) is 4.65.